The molecule has 1 atom stereocenters. The summed E-state index contributed by atoms with van der Waals surface area (Å²) in [5.74, 6) is 1.02. The zero-order valence-corrected chi connectivity index (χ0v) is 10.9. The molecule has 0 radical (unpaired) electrons. The second-order valence-electron chi connectivity index (χ2n) is 4.76. The Kier molecular flexibility index (Phi) is 4.43. The fraction of sp³-hybridized carbons (Fsp3) is 0.600. The largest absolute Gasteiger partial charge is 0.490 e. The summed E-state index contributed by atoms with van der Waals surface area (Å²) >= 11 is 0. The van der Waals surface area contributed by atoms with E-state index in [4.69, 9.17) is 4.74 Å². The Hall–Kier alpha value is -1.02. The third-order valence-electron chi connectivity index (χ3n) is 3.50. The first-order chi connectivity index (χ1) is 8.33. The predicted octanol–water partition coefficient (Wildman–Crippen LogP) is 3.68. The van der Waals surface area contributed by atoms with Crippen LogP contribution >= 0.6 is 0 Å². The van der Waals surface area contributed by atoms with Gasteiger partial charge in [0.05, 0.1) is 6.10 Å². The van der Waals surface area contributed by atoms with E-state index in [0.717, 1.165) is 18.7 Å². The molecule has 0 saturated heterocycles. The second-order valence-corrected chi connectivity index (χ2v) is 4.76. The van der Waals surface area contributed by atoms with Crippen LogP contribution in [0.25, 0.3) is 0 Å². The van der Waals surface area contributed by atoms with Crippen molar-refractivity contribution in [1.82, 2.24) is 5.32 Å². The molecule has 0 aliphatic heterocycles. The molecule has 1 N–H and O–H groups in total. The van der Waals surface area contributed by atoms with Crippen molar-refractivity contribution in [2.45, 2.75) is 51.7 Å². The van der Waals surface area contributed by atoms with Crippen LogP contribution in [0.5, 0.6) is 5.75 Å². The minimum atomic E-state index is 0.469. The van der Waals surface area contributed by atoms with Gasteiger partial charge >= 0.3 is 0 Å². The Labute approximate surface area is 104 Å². The van der Waals surface area contributed by atoms with E-state index in [-0.39, 0.29) is 0 Å². The van der Waals surface area contributed by atoms with Gasteiger partial charge in [-0.25, -0.2) is 0 Å². The molecule has 1 aliphatic carbocycles. The molecule has 1 fully saturated rings. The number of hydrogen-bond acceptors (Lipinski definition) is 2. The van der Waals surface area contributed by atoms with Crippen LogP contribution in [0, 0.1) is 0 Å². The van der Waals surface area contributed by atoms with Gasteiger partial charge in [0.2, 0.25) is 0 Å². The van der Waals surface area contributed by atoms with Crippen molar-refractivity contribution in [1.29, 1.82) is 0 Å². The van der Waals surface area contributed by atoms with Crippen LogP contribution in [-0.4, -0.2) is 12.6 Å². The van der Waals surface area contributed by atoms with Crippen molar-refractivity contribution in [3.8, 4) is 5.75 Å². The molecule has 1 unspecified atom stereocenters. The highest BCUT2D eigenvalue weighted by molar-refractivity contribution is 5.29. The molecule has 17 heavy (non-hydrogen) atoms. The third-order valence-corrected chi connectivity index (χ3v) is 3.50. The standard InChI is InChI=1S/C15H23NO/c1-3-15(16-4-2)12-8-10-14(11-9-12)17-13-6-5-7-13/h8-11,13,15-16H,3-7H2,1-2H3. The molecule has 1 aromatic carbocycles. The molecule has 0 spiro atoms. The summed E-state index contributed by atoms with van der Waals surface area (Å²) in [6.45, 7) is 5.38. The van der Waals surface area contributed by atoms with Gasteiger partial charge in [0.1, 0.15) is 5.75 Å². The van der Waals surface area contributed by atoms with Gasteiger partial charge in [-0.1, -0.05) is 26.0 Å². The lowest BCUT2D eigenvalue weighted by atomic mass is 9.96. The van der Waals surface area contributed by atoms with Crippen molar-refractivity contribution in [3.05, 3.63) is 29.8 Å². The summed E-state index contributed by atoms with van der Waals surface area (Å²) in [5, 5.41) is 3.49. The number of benzene rings is 1. The van der Waals surface area contributed by atoms with Crippen LogP contribution in [0.15, 0.2) is 24.3 Å². The summed E-state index contributed by atoms with van der Waals surface area (Å²) in [6, 6.07) is 9.05. The zero-order chi connectivity index (χ0) is 12.1. The fourth-order valence-corrected chi connectivity index (χ4v) is 2.20. The number of ether oxygens (including phenoxy) is 1. The van der Waals surface area contributed by atoms with Crippen molar-refractivity contribution < 1.29 is 4.74 Å². The van der Waals surface area contributed by atoms with E-state index in [1.807, 2.05) is 0 Å². The molecule has 2 heteroatoms. The van der Waals surface area contributed by atoms with Crippen molar-refractivity contribution in [2.24, 2.45) is 0 Å². The molecular weight excluding hydrogens is 210 g/mol. The first kappa shape index (κ1) is 12.4. The van der Waals surface area contributed by atoms with Crippen LogP contribution in [0.2, 0.25) is 0 Å². The van der Waals surface area contributed by atoms with Crippen LogP contribution in [0.4, 0.5) is 0 Å². The lowest BCUT2D eigenvalue weighted by molar-refractivity contribution is 0.120. The van der Waals surface area contributed by atoms with E-state index in [9.17, 15) is 0 Å². The lowest BCUT2D eigenvalue weighted by Gasteiger charge is -2.26. The minimum Gasteiger partial charge on any atom is -0.490 e. The van der Waals surface area contributed by atoms with Gasteiger partial charge < -0.3 is 10.1 Å². The van der Waals surface area contributed by atoms with Gasteiger partial charge in [0.25, 0.3) is 0 Å². The highest BCUT2D eigenvalue weighted by atomic mass is 16.5. The van der Waals surface area contributed by atoms with E-state index >= 15 is 0 Å². The van der Waals surface area contributed by atoms with Gasteiger partial charge in [-0.05, 0) is 49.9 Å². The van der Waals surface area contributed by atoms with E-state index < -0.39 is 0 Å². The Bertz CT molecular complexity index is 329. The molecule has 0 bridgehead atoms. The van der Waals surface area contributed by atoms with Gasteiger partial charge in [0.15, 0.2) is 0 Å². The van der Waals surface area contributed by atoms with Crippen LogP contribution < -0.4 is 10.1 Å². The van der Waals surface area contributed by atoms with Gasteiger partial charge in [-0.2, -0.15) is 0 Å². The van der Waals surface area contributed by atoms with Crippen LogP contribution in [0.1, 0.15) is 51.1 Å². The Morgan fingerprint density at radius 1 is 1.24 bits per heavy atom. The predicted molar refractivity (Wildman–Crippen MR) is 71.4 cm³/mol. The first-order valence-electron chi connectivity index (χ1n) is 6.83. The Morgan fingerprint density at radius 2 is 1.94 bits per heavy atom. The SMILES string of the molecule is CCNC(CC)c1ccc(OC2CCC2)cc1. The normalized spacial score (nSPS) is 17.5. The average Bonchev–Trinajstić information content (AvgIpc) is 2.32. The summed E-state index contributed by atoms with van der Waals surface area (Å²) in [4.78, 5) is 0. The molecule has 0 amide bonds. The number of rotatable bonds is 6. The van der Waals surface area contributed by atoms with Crippen molar-refractivity contribution in [2.75, 3.05) is 6.54 Å². The van der Waals surface area contributed by atoms with Gasteiger partial charge in [-0.3, -0.25) is 0 Å². The molecule has 0 heterocycles. The summed E-state index contributed by atoms with van der Waals surface area (Å²) in [7, 11) is 0. The summed E-state index contributed by atoms with van der Waals surface area (Å²) < 4.78 is 5.86. The zero-order valence-electron chi connectivity index (χ0n) is 10.9. The van der Waals surface area contributed by atoms with E-state index in [1.165, 1.54) is 24.8 Å². The smallest absolute Gasteiger partial charge is 0.119 e. The lowest BCUT2D eigenvalue weighted by Crippen LogP contribution is -2.24. The Balaban J connectivity index is 1.95. The van der Waals surface area contributed by atoms with E-state index in [0.29, 0.717) is 12.1 Å². The maximum absolute atomic E-state index is 5.86. The molecule has 94 valence electrons. The minimum absolute atomic E-state index is 0.469. The first-order valence-corrected chi connectivity index (χ1v) is 6.83. The maximum atomic E-state index is 5.86. The average molecular weight is 233 g/mol. The molecule has 1 aromatic rings. The monoisotopic (exact) mass is 233 g/mol. The third kappa shape index (κ3) is 3.22. The quantitative estimate of drug-likeness (QED) is 0.809. The van der Waals surface area contributed by atoms with Gasteiger partial charge in [0, 0.05) is 6.04 Å². The number of hydrogen-bond donors (Lipinski definition) is 1. The van der Waals surface area contributed by atoms with Crippen LogP contribution in [-0.2, 0) is 0 Å². The summed E-state index contributed by atoms with van der Waals surface area (Å²) in [6.07, 6.45) is 5.35. The van der Waals surface area contributed by atoms with E-state index in [1.54, 1.807) is 0 Å². The highest BCUT2D eigenvalue weighted by Crippen LogP contribution is 2.26. The van der Waals surface area contributed by atoms with Crippen molar-refractivity contribution >= 4 is 0 Å². The van der Waals surface area contributed by atoms with Gasteiger partial charge in [-0.15, -0.1) is 0 Å². The molecule has 0 aromatic heterocycles. The van der Waals surface area contributed by atoms with Crippen molar-refractivity contribution in [3.63, 3.8) is 0 Å². The maximum Gasteiger partial charge on any atom is 0.119 e. The molecule has 1 saturated carbocycles. The van der Waals surface area contributed by atoms with Crippen LogP contribution in [0.3, 0.4) is 0 Å². The molecule has 1 aliphatic rings. The fourth-order valence-electron chi connectivity index (χ4n) is 2.20. The second kappa shape index (κ2) is 6.06. The topological polar surface area (TPSA) is 21.3 Å². The Morgan fingerprint density at radius 3 is 2.41 bits per heavy atom. The number of nitrogens with one attached hydrogen (secondary N) is 1. The summed E-state index contributed by atoms with van der Waals surface area (Å²) in [5.41, 5.74) is 1.36. The molecule has 2 rings (SSSR count). The molecule has 2 nitrogen and oxygen atoms in total. The van der Waals surface area contributed by atoms with E-state index in [2.05, 4.69) is 43.4 Å². The molecular formula is C15H23NO. The highest BCUT2D eigenvalue weighted by Gasteiger charge is 2.19.